The molecule has 1 saturated carbocycles. The van der Waals surface area contributed by atoms with E-state index in [1.807, 2.05) is 37.3 Å². The summed E-state index contributed by atoms with van der Waals surface area (Å²) in [6.45, 7) is 2.43. The molecule has 1 aromatic carbocycles. The summed E-state index contributed by atoms with van der Waals surface area (Å²) >= 11 is 0. The van der Waals surface area contributed by atoms with Crippen LogP contribution in [0.3, 0.4) is 0 Å². The van der Waals surface area contributed by atoms with E-state index in [-0.39, 0.29) is 17.9 Å². The quantitative estimate of drug-likeness (QED) is 0.785. The van der Waals surface area contributed by atoms with Gasteiger partial charge in [-0.1, -0.05) is 37.3 Å². The van der Waals surface area contributed by atoms with Gasteiger partial charge in [-0.2, -0.15) is 0 Å². The van der Waals surface area contributed by atoms with Crippen molar-refractivity contribution in [2.45, 2.75) is 38.8 Å². The zero-order chi connectivity index (χ0) is 12.3. The van der Waals surface area contributed by atoms with Crippen molar-refractivity contribution in [3.63, 3.8) is 0 Å². The summed E-state index contributed by atoms with van der Waals surface area (Å²) < 4.78 is 5.45. The molecule has 0 spiro atoms. The molecule has 2 N–H and O–H groups in total. The molecule has 1 aromatic rings. The van der Waals surface area contributed by atoms with Gasteiger partial charge in [-0.3, -0.25) is 0 Å². The molecule has 0 amide bonds. The summed E-state index contributed by atoms with van der Waals surface area (Å²) in [4.78, 5) is 0. The van der Waals surface area contributed by atoms with Crippen LogP contribution < -0.4 is 0 Å². The second-order valence-corrected chi connectivity index (χ2v) is 4.96. The second-order valence-electron chi connectivity index (χ2n) is 4.96. The number of ether oxygens (including phenoxy) is 1. The third-order valence-corrected chi connectivity index (χ3v) is 3.54. The molecule has 0 bridgehead atoms. The highest BCUT2D eigenvalue weighted by molar-refractivity contribution is 5.13. The van der Waals surface area contributed by atoms with E-state index in [1.54, 1.807) is 0 Å². The monoisotopic (exact) mass is 236 g/mol. The smallest absolute Gasteiger partial charge is 0.157 e. The molecule has 0 radical (unpaired) electrons. The van der Waals surface area contributed by atoms with Gasteiger partial charge >= 0.3 is 0 Å². The van der Waals surface area contributed by atoms with Gasteiger partial charge in [0.2, 0.25) is 0 Å². The predicted octanol–water partition coefficient (Wildman–Crippen LogP) is 1.93. The predicted molar refractivity (Wildman–Crippen MR) is 65.1 cm³/mol. The van der Waals surface area contributed by atoms with Crippen molar-refractivity contribution in [1.29, 1.82) is 0 Å². The molecule has 0 heterocycles. The molecule has 17 heavy (non-hydrogen) atoms. The normalized spacial score (nSPS) is 30.4. The first-order chi connectivity index (χ1) is 8.16. The molecular weight excluding hydrogens is 216 g/mol. The molecular formula is C14H20O3. The van der Waals surface area contributed by atoms with Gasteiger partial charge in [-0.15, -0.1) is 0 Å². The van der Waals surface area contributed by atoms with Crippen LogP contribution in [0.25, 0.3) is 0 Å². The molecule has 1 fully saturated rings. The molecule has 0 aliphatic heterocycles. The Hall–Kier alpha value is -0.900. The first kappa shape index (κ1) is 12.6. The lowest BCUT2D eigenvalue weighted by Gasteiger charge is -2.18. The van der Waals surface area contributed by atoms with Gasteiger partial charge in [0.25, 0.3) is 0 Å². The maximum absolute atomic E-state index is 9.91. The van der Waals surface area contributed by atoms with E-state index in [2.05, 4.69) is 0 Å². The van der Waals surface area contributed by atoms with Gasteiger partial charge in [0.1, 0.15) is 0 Å². The zero-order valence-electron chi connectivity index (χ0n) is 10.1. The first-order valence-corrected chi connectivity index (χ1v) is 6.18. The topological polar surface area (TPSA) is 49.7 Å². The maximum Gasteiger partial charge on any atom is 0.157 e. The second kappa shape index (κ2) is 5.63. The summed E-state index contributed by atoms with van der Waals surface area (Å²) in [5, 5.41) is 19.5. The van der Waals surface area contributed by atoms with Crippen molar-refractivity contribution in [2.24, 2.45) is 11.8 Å². The summed E-state index contributed by atoms with van der Waals surface area (Å²) in [7, 11) is 0. The third-order valence-electron chi connectivity index (χ3n) is 3.54. The number of benzene rings is 1. The van der Waals surface area contributed by atoms with Gasteiger partial charge in [0.05, 0.1) is 12.7 Å². The average molecular weight is 236 g/mol. The minimum atomic E-state index is -0.769. The van der Waals surface area contributed by atoms with Crippen LogP contribution in [0, 0.1) is 11.8 Å². The first-order valence-electron chi connectivity index (χ1n) is 6.18. The number of rotatable bonds is 4. The highest BCUT2D eigenvalue weighted by Crippen LogP contribution is 2.33. The molecule has 0 aromatic heterocycles. The molecule has 2 rings (SSSR count). The van der Waals surface area contributed by atoms with Gasteiger partial charge in [0, 0.05) is 5.92 Å². The van der Waals surface area contributed by atoms with Gasteiger partial charge in [-0.25, -0.2) is 0 Å². The van der Waals surface area contributed by atoms with Gasteiger partial charge in [-0.05, 0) is 24.3 Å². The summed E-state index contributed by atoms with van der Waals surface area (Å²) in [5.41, 5.74) is 1.05. The summed E-state index contributed by atoms with van der Waals surface area (Å²) in [5.74, 6) is 0.318. The molecule has 94 valence electrons. The number of hydrogen-bond acceptors (Lipinski definition) is 3. The Labute approximate surface area is 102 Å². The lowest BCUT2D eigenvalue weighted by Crippen LogP contribution is -2.22. The van der Waals surface area contributed by atoms with E-state index < -0.39 is 6.29 Å². The Morgan fingerprint density at radius 3 is 2.59 bits per heavy atom. The highest BCUT2D eigenvalue weighted by Gasteiger charge is 2.34. The van der Waals surface area contributed by atoms with Crippen molar-refractivity contribution in [1.82, 2.24) is 0 Å². The number of hydrogen-bond donors (Lipinski definition) is 2. The van der Waals surface area contributed by atoms with Crippen molar-refractivity contribution >= 4 is 0 Å². The Kier molecular flexibility index (Phi) is 4.15. The van der Waals surface area contributed by atoms with Crippen molar-refractivity contribution in [3.05, 3.63) is 35.9 Å². The van der Waals surface area contributed by atoms with Crippen molar-refractivity contribution < 1.29 is 14.9 Å². The van der Waals surface area contributed by atoms with Crippen LogP contribution in [0.2, 0.25) is 0 Å². The standard InChI is InChI=1S/C14H20O3/c1-10-7-12(8-13(10)15)14(16)17-9-11-5-3-2-4-6-11/h2-6,10,12-16H,7-9H2,1H3/t10-,12-,13-,14?/m0/s1. The fraction of sp³-hybridized carbons (Fsp3) is 0.571. The molecule has 1 unspecified atom stereocenters. The van der Waals surface area contributed by atoms with Crippen LogP contribution in [0.5, 0.6) is 0 Å². The maximum atomic E-state index is 9.91. The third kappa shape index (κ3) is 3.28. The van der Waals surface area contributed by atoms with Crippen LogP contribution in [-0.2, 0) is 11.3 Å². The number of aliphatic hydroxyl groups is 2. The minimum absolute atomic E-state index is 0.0590. The average Bonchev–Trinajstić information content (AvgIpc) is 2.68. The van der Waals surface area contributed by atoms with Crippen LogP contribution in [0.1, 0.15) is 25.3 Å². The van der Waals surface area contributed by atoms with Crippen LogP contribution in [-0.4, -0.2) is 22.6 Å². The van der Waals surface area contributed by atoms with E-state index in [1.165, 1.54) is 0 Å². The fourth-order valence-electron chi connectivity index (χ4n) is 2.40. The Morgan fingerprint density at radius 1 is 1.29 bits per heavy atom. The number of aliphatic hydroxyl groups excluding tert-OH is 2. The highest BCUT2D eigenvalue weighted by atomic mass is 16.6. The molecule has 4 atom stereocenters. The van der Waals surface area contributed by atoms with E-state index >= 15 is 0 Å². The SMILES string of the molecule is C[C@H]1C[C@H](C(O)OCc2ccccc2)C[C@@H]1O. The molecule has 1 aliphatic rings. The lowest BCUT2D eigenvalue weighted by atomic mass is 10.1. The summed E-state index contributed by atoms with van der Waals surface area (Å²) in [6, 6.07) is 9.80. The molecule has 1 aliphatic carbocycles. The van der Waals surface area contributed by atoms with Gasteiger partial charge < -0.3 is 14.9 Å². The van der Waals surface area contributed by atoms with Crippen LogP contribution >= 0.6 is 0 Å². The van der Waals surface area contributed by atoms with Crippen molar-refractivity contribution in [2.75, 3.05) is 0 Å². The van der Waals surface area contributed by atoms with E-state index in [4.69, 9.17) is 4.74 Å². The largest absolute Gasteiger partial charge is 0.393 e. The zero-order valence-corrected chi connectivity index (χ0v) is 10.1. The summed E-state index contributed by atoms with van der Waals surface area (Å²) in [6.07, 6.45) is 0.401. The van der Waals surface area contributed by atoms with E-state index in [9.17, 15) is 10.2 Å². The molecule has 3 heteroatoms. The fourth-order valence-corrected chi connectivity index (χ4v) is 2.40. The Morgan fingerprint density at radius 2 is 2.00 bits per heavy atom. The van der Waals surface area contributed by atoms with Crippen molar-refractivity contribution in [3.8, 4) is 0 Å². The Balaban J connectivity index is 1.80. The Bertz CT molecular complexity index is 329. The van der Waals surface area contributed by atoms with E-state index in [0.29, 0.717) is 13.0 Å². The lowest BCUT2D eigenvalue weighted by molar-refractivity contribution is -0.142. The van der Waals surface area contributed by atoms with Gasteiger partial charge in [0.15, 0.2) is 6.29 Å². The van der Waals surface area contributed by atoms with E-state index in [0.717, 1.165) is 12.0 Å². The minimum Gasteiger partial charge on any atom is -0.393 e. The van der Waals surface area contributed by atoms with Crippen LogP contribution in [0.4, 0.5) is 0 Å². The molecule has 3 nitrogen and oxygen atoms in total. The van der Waals surface area contributed by atoms with Crippen LogP contribution in [0.15, 0.2) is 30.3 Å². The molecule has 0 saturated heterocycles.